The van der Waals surface area contributed by atoms with Gasteiger partial charge < -0.3 is 11.1 Å². The van der Waals surface area contributed by atoms with Crippen molar-refractivity contribution in [1.82, 2.24) is 10.0 Å². The molecule has 2 amide bonds. The van der Waals surface area contributed by atoms with Gasteiger partial charge in [0.05, 0.1) is 10.3 Å². The summed E-state index contributed by atoms with van der Waals surface area (Å²) in [5, 5.41) is 3.58. The van der Waals surface area contributed by atoms with E-state index in [9.17, 15) is 18.0 Å². The Labute approximate surface area is 194 Å². The number of hydrogen-bond donors (Lipinski definition) is 3. The molecular formula is C23H32ClN3O4S. The predicted octanol–water partition coefficient (Wildman–Crippen LogP) is 2.75. The first-order chi connectivity index (χ1) is 14.8. The van der Waals surface area contributed by atoms with E-state index in [1.165, 1.54) is 6.07 Å². The van der Waals surface area contributed by atoms with Crippen LogP contribution in [0.25, 0.3) is 0 Å². The van der Waals surface area contributed by atoms with Crippen LogP contribution in [0, 0.1) is 35.5 Å². The van der Waals surface area contributed by atoms with Crippen LogP contribution in [0.4, 0.5) is 0 Å². The van der Waals surface area contributed by atoms with E-state index in [2.05, 4.69) is 10.0 Å². The number of hydrogen-bond acceptors (Lipinski definition) is 4. The quantitative estimate of drug-likeness (QED) is 0.554. The Morgan fingerprint density at radius 2 is 1.81 bits per heavy atom. The van der Waals surface area contributed by atoms with Crippen LogP contribution in [-0.4, -0.2) is 32.8 Å². The zero-order valence-electron chi connectivity index (χ0n) is 18.8. The highest BCUT2D eigenvalue weighted by Gasteiger charge is 2.58. The molecule has 4 aliphatic rings. The van der Waals surface area contributed by atoms with Crippen LogP contribution in [0.2, 0.25) is 5.02 Å². The molecule has 0 aliphatic heterocycles. The monoisotopic (exact) mass is 481 g/mol. The predicted molar refractivity (Wildman–Crippen MR) is 122 cm³/mol. The van der Waals surface area contributed by atoms with E-state index < -0.39 is 20.9 Å². The molecule has 4 bridgehead atoms. The maximum atomic E-state index is 13.2. The summed E-state index contributed by atoms with van der Waals surface area (Å²) in [4.78, 5) is 25.4. The lowest BCUT2D eigenvalue weighted by molar-refractivity contribution is -0.148. The van der Waals surface area contributed by atoms with Gasteiger partial charge in [-0.3, -0.25) is 9.59 Å². The minimum absolute atomic E-state index is 0.0116. The third-order valence-electron chi connectivity index (χ3n) is 7.92. The standard InChI is InChI=1S/C23H32ClN3O4S/c1-13-17(24)5-4-6-18(13)32(30,31)26-12-22(2,3)21(29)27-19-15-7-14-8-16(19)11-23(9-14,10-15)20(25)28/h4-6,14-16,19,26H,7-12H2,1-3H3,(H2,25,28)(H,27,29). The first-order valence-corrected chi connectivity index (χ1v) is 13.1. The van der Waals surface area contributed by atoms with Crippen molar-refractivity contribution < 1.29 is 18.0 Å². The molecule has 4 N–H and O–H groups in total. The van der Waals surface area contributed by atoms with Gasteiger partial charge in [-0.1, -0.05) is 17.7 Å². The number of halogens is 1. The smallest absolute Gasteiger partial charge is 0.240 e. The highest BCUT2D eigenvalue weighted by molar-refractivity contribution is 7.89. The number of sulfonamides is 1. The molecule has 176 valence electrons. The Morgan fingerprint density at radius 3 is 2.41 bits per heavy atom. The van der Waals surface area contributed by atoms with Crippen molar-refractivity contribution >= 4 is 33.4 Å². The fourth-order valence-electron chi connectivity index (χ4n) is 6.22. The lowest BCUT2D eigenvalue weighted by Crippen LogP contribution is -2.63. The second-order valence-electron chi connectivity index (χ2n) is 10.7. The number of rotatable bonds is 7. The van der Waals surface area contributed by atoms with Gasteiger partial charge in [-0.25, -0.2) is 13.1 Å². The molecule has 2 unspecified atom stereocenters. The molecule has 2 atom stereocenters. The van der Waals surface area contributed by atoms with E-state index in [0.717, 1.165) is 32.1 Å². The number of benzene rings is 1. The van der Waals surface area contributed by atoms with Crippen molar-refractivity contribution in [2.24, 2.45) is 34.3 Å². The van der Waals surface area contributed by atoms with Gasteiger partial charge >= 0.3 is 0 Å². The Hall–Kier alpha value is -1.64. The van der Waals surface area contributed by atoms with E-state index in [1.54, 1.807) is 32.9 Å². The van der Waals surface area contributed by atoms with Crippen LogP contribution in [0.1, 0.15) is 51.5 Å². The molecule has 4 saturated carbocycles. The normalized spacial score (nSPS) is 31.5. The van der Waals surface area contributed by atoms with Gasteiger partial charge in [0.15, 0.2) is 0 Å². The SMILES string of the molecule is Cc1c(Cl)cccc1S(=O)(=O)NCC(C)(C)C(=O)NC1C2CC3CC1CC(C(N)=O)(C3)C2. The zero-order valence-corrected chi connectivity index (χ0v) is 20.4. The van der Waals surface area contributed by atoms with E-state index in [4.69, 9.17) is 17.3 Å². The Bertz CT molecular complexity index is 1040. The largest absolute Gasteiger partial charge is 0.369 e. The van der Waals surface area contributed by atoms with Gasteiger partial charge in [0.1, 0.15) is 0 Å². The van der Waals surface area contributed by atoms with Crippen molar-refractivity contribution in [3.8, 4) is 0 Å². The lowest BCUT2D eigenvalue weighted by atomic mass is 9.47. The third-order valence-corrected chi connectivity index (χ3v) is 9.88. The summed E-state index contributed by atoms with van der Waals surface area (Å²) in [6.07, 6.45) is 4.38. The summed E-state index contributed by atoms with van der Waals surface area (Å²) in [5.74, 6) is 0.619. The number of amides is 2. The molecule has 7 nitrogen and oxygen atoms in total. The fourth-order valence-corrected chi connectivity index (χ4v) is 7.93. The van der Waals surface area contributed by atoms with E-state index in [1.807, 2.05) is 0 Å². The van der Waals surface area contributed by atoms with Gasteiger partial charge in [-0.05, 0) is 88.3 Å². The Kier molecular flexibility index (Phi) is 5.87. The first kappa shape index (κ1) is 23.5. The van der Waals surface area contributed by atoms with Crippen molar-refractivity contribution in [3.63, 3.8) is 0 Å². The molecule has 32 heavy (non-hydrogen) atoms. The van der Waals surface area contributed by atoms with Crippen molar-refractivity contribution in [2.75, 3.05) is 6.54 Å². The van der Waals surface area contributed by atoms with Gasteiger partial charge in [0.25, 0.3) is 0 Å². The minimum atomic E-state index is -3.81. The van der Waals surface area contributed by atoms with Crippen molar-refractivity contribution in [2.45, 2.75) is 63.8 Å². The van der Waals surface area contributed by atoms with Crippen LogP contribution in [-0.2, 0) is 19.6 Å². The number of carbonyl (C=O) groups is 2. The van der Waals surface area contributed by atoms with Gasteiger partial charge in [-0.2, -0.15) is 0 Å². The molecule has 4 aliphatic carbocycles. The minimum Gasteiger partial charge on any atom is -0.369 e. The van der Waals surface area contributed by atoms with E-state index in [-0.39, 0.29) is 41.1 Å². The maximum Gasteiger partial charge on any atom is 0.240 e. The van der Waals surface area contributed by atoms with Crippen LogP contribution in [0.15, 0.2) is 23.1 Å². The average Bonchev–Trinajstić information content (AvgIpc) is 2.70. The number of nitrogens with two attached hydrogens (primary N) is 1. The van der Waals surface area contributed by atoms with Gasteiger partial charge in [0.2, 0.25) is 21.8 Å². The van der Waals surface area contributed by atoms with Crippen molar-refractivity contribution in [1.29, 1.82) is 0 Å². The van der Waals surface area contributed by atoms with Crippen molar-refractivity contribution in [3.05, 3.63) is 28.8 Å². The van der Waals surface area contributed by atoms with Gasteiger partial charge in [-0.15, -0.1) is 0 Å². The average molecular weight is 482 g/mol. The van der Waals surface area contributed by atoms with Crippen LogP contribution < -0.4 is 15.8 Å². The third kappa shape index (κ3) is 4.05. The Balaban J connectivity index is 1.42. The molecule has 0 heterocycles. The molecule has 0 radical (unpaired) electrons. The lowest BCUT2D eigenvalue weighted by Gasteiger charge is -2.59. The van der Waals surface area contributed by atoms with Crippen LogP contribution in [0.3, 0.4) is 0 Å². The zero-order chi connectivity index (χ0) is 23.5. The number of nitrogens with one attached hydrogen (secondary N) is 2. The second kappa shape index (κ2) is 7.99. The molecule has 0 spiro atoms. The first-order valence-electron chi connectivity index (χ1n) is 11.2. The van der Waals surface area contributed by atoms with E-state index >= 15 is 0 Å². The molecule has 4 fully saturated rings. The molecule has 1 aromatic carbocycles. The highest BCUT2D eigenvalue weighted by atomic mass is 35.5. The summed E-state index contributed by atoms with van der Waals surface area (Å²) in [6.45, 7) is 5.08. The summed E-state index contributed by atoms with van der Waals surface area (Å²) in [5.41, 5.74) is 4.88. The highest BCUT2D eigenvalue weighted by Crippen LogP contribution is 2.60. The Morgan fingerprint density at radius 1 is 1.19 bits per heavy atom. The molecule has 1 aromatic rings. The summed E-state index contributed by atoms with van der Waals surface area (Å²) in [7, 11) is -3.81. The fraction of sp³-hybridized carbons (Fsp3) is 0.652. The molecular weight excluding hydrogens is 450 g/mol. The maximum absolute atomic E-state index is 13.2. The summed E-state index contributed by atoms with van der Waals surface area (Å²) >= 11 is 6.07. The van der Waals surface area contributed by atoms with Gasteiger partial charge in [0, 0.05) is 23.0 Å². The molecule has 0 saturated heterocycles. The summed E-state index contributed by atoms with van der Waals surface area (Å²) in [6, 6.07) is 4.74. The molecule has 5 rings (SSSR count). The van der Waals surface area contributed by atoms with E-state index in [0.29, 0.717) is 16.5 Å². The number of carbonyl (C=O) groups excluding carboxylic acids is 2. The summed E-state index contributed by atoms with van der Waals surface area (Å²) < 4.78 is 28.2. The molecule has 9 heteroatoms. The second-order valence-corrected chi connectivity index (χ2v) is 12.8. The van der Waals surface area contributed by atoms with Crippen LogP contribution in [0.5, 0.6) is 0 Å². The number of primary amides is 1. The topological polar surface area (TPSA) is 118 Å². The molecule has 0 aromatic heterocycles. The van der Waals surface area contributed by atoms with Crippen LogP contribution >= 0.6 is 11.6 Å².